The Balaban J connectivity index is 0.000000171. The van der Waals surface area contributed by atoms with Crippen LogP contribution >= 0.6 is 11.8 Å². The van der Waals surface area contributed by atoms with Crippen molar-refractivity contribution in [2.45, 2.75) is 31.1 Å². The second kappa shape index (κ2) is 11.8. The van der Waals surface area contributed by atoms with E-state index in [0.717, 1.165) is 17.1 Å². The van der Waals surface area contributed by atoms with E-state index in [1.54, 1.807) is 12.4 Å². The zero-order valence-corrected chi connectivity index (χ0v) is 18.3. The van der Waals surface area contributed by atoms with Crippen LogP contribution in [0.5, 0.6) is 5.75 Å². The molecule has 4 rings (SSSR count). The first kappa shape index (κ1) is 21.7. The lowest BCUT2D eigenvalue weighted by atomic mass is 10.2. The summed E-state index contributed by atoms with van der Waals surface area (Å²) < 4.78 is 5.62. The number of rotatable bonds is 6. The van der Waals surface area contributed by atoms with Crippen LogP contribution in [0.3, 0.4) is 0 Å². The van der Waals surface area contributed by atoms with Crippen LogP contribution in [0.2, 0.25) is 0 Å². The number of aromatic nitrogens is 1. The largest absolute Gasteiger partial charge is 0.489 e. The summed E-state index contributed by atoms with van der Waals surface area (Å²) in [5.41, 5.74) is 5.07. The highest BCUT2D eigenvalue weighted by Gasteiger charge is 1.96. The van der Waals surface area contributed by atoms with E-state index in [1.165, 1.54) is 21.6 Å². The van der Waals surface area contributed by atoms with E-state index in [-0.39, 0.29) is 0 Å². The van der Waals surface area contributed by atoms with Gasteiger partial charge in [0.2, 0.25) is 0 Å². The number of hydrogen-bond donors (Lipinski definition) is 0. The molecule has 0 N–H and O–H groups in total. The van der Waals surface area contributed by atoms with Crippen molar-refractivity contribution in [2.75, 3.05) is 0 Å². The van der Waals surface area contributed by atoms with Crippen molar-refractivity contribution >= 4 is 11.8 Å². The zero-order valence-electron chi connectivity index (χ0n) is 17.5. The molecule has 3 aromatic carbocycles. The summed E-state index contributed by atoms with van der Waals surface area (Å²) in [6.45, 7) is 4.77. The summed E-state index contributed by atoms with van der Waals surface area (Å²) >= 11 is 1.88. The van der Waals surface area contributed by atoms with Crippen molar-refractivity contribution in [3.63, 3.8) is 0 Å². The molecular formula is C27H27NOS. The molecule has 152 valence electrons. The van der Waals surface area contributed by atoms with E-state index in [1.807, 2.05) is 48.2 Å². The van der Waals surface area contributed by atoms with Gasteiger partial charge in [-0.1, -0.05) is 65.7 Å². The summed E-state index contributed by atoms with van der Waals surface area (Å²) in [4.78, 5) is 5.29. The van der Waals surface area contributed by atoms with Crippen molar-refractivity contribution < 1.29 is 4.74 Å². The van der Waals surface area contributed by atoms with Crippen molar-refractivity contribution in [1.29, 1.82) is 0 Å². The molecule has 0 fully saturated rings. The molecule has 0 atom stereocenters. The lowest BCUT2D eigenvalue weighted by Gasteiger charge is -2.05. The normalized spacial score (nSPS) is 10.1. The maximum Gasteiger partial charge on any atom is 0.119 e. The van der Waals surface area contributed by atoms with E-state index in [2.05, 4.69) is 73.4 Å². The number of ether oxygens (including phenoxy) is 1. The topological polar surface area (TPSA) is 22.1 Å². The van der Waals surface area contributed by atoms with Crippen LogP contribution in [0.4, 0.5) is 0 Å². The Bertz CT molecular complexity index is 899. The Morgan fingerprint density at radius 3 is 1.90 bits per heavy atom. The summed E-state index contributed by atoms with van der Waals surface area (Å²) in [7, 11) is 0. The minimum absolute atomic E-state index is 0.589. The Morgan fingerprint density at radius 2 is 1.27 bits per heavy atom. The van der Waals surface area contributed by atoms with Crippen LogP contribution in [0.25, 0.3) is 0 Å². The molecular weight excluding hydrogens is 386 g/mol. The third kappa shape index (κ3) is 7.76. The predicted molar refractivity (Wildman–Crippen MR) is 127 cm³/mol. The molecule has 0 aliphatic carbocycles. The highest BCUT2D eigenvalue weighted by atomic mass is 32.2. The Morgan fingerprint density at radius 1 is 0.667 bits per heavy atom. The monoisotopic (exact) mass is 413 g/mol. The average molecular weight is 414 g/mol. The summed E-state index contributed by atoms with van der Waals surface area (Å²) in [6.07, 6.45) is 3.54. The first-order valence-electron chi connectivity index (χ1n) is 10.0. The molecule has 0 saturated heterocycles. The van der Waals surface area contributed by atoms with Gasteiger partial charge in [0, 0.05) is 23.0 Å². The maximum atomic E-state index is 5.62. The van der Waals surface area contributed by atoms with Crippen molar-refractivity contribution in [1.82, 2.24) is 4.98 Å². The molecule has 30 heavy (non-hydrogen) atoms. The molecule has 0 aliphatic rings. The summed E-state index contributed by atoms with van der Waals surface area (Å²) in [5.74, 6) is 1.95. The fourth-order valence-electron chi connectivity index (χ4n) is 2.66. The fourth-order valence-corrected chi connectivity index (χ4v) is 3.51. The molecule has 0 bridgehead atoms. The summed E-state index contributed by atoms with van der Waals surface area (Å²) in [6, 6.07) is 31.2. The van der Waals surface area contributed by atoms with Crippen LogP contribution in [-0.4, -0.2) is 4.98 Å². The highest BCUT2D eigenvalue weighted by Crippen LogP contribution is 2.22. The van der Waals surface area contributed by atoms with Crippen LogP contribution in [0.1, 0.15) is 22.3 Å². The van der Waals surface area contributed by atoms with Crippen LogP contribution in [-0.2, 0) is 12.4 Å². The molecule has 1 aromatic heterocycles. The molecule has 4 aromatic rings. The van der Waals surface area contributed by atoms with E-state index >= 15 is 0 Å². The van der Waals surface area contributed by atoms with Crippen LogP contribution in [0.15, 0.2) is 108 Å². The molecule has 0 radical (unpaired) electrons. The fraction of sp³-hybridized carbons (Fsp3) is 0.148. The number of benzene rings is 3. The Labute approximate surface area is 184 Å². The van der Waals surface area contributed by atoms with Gasteiger partial charge in [-0.3, -0.25) is 4.98 Å². The van der Waals surface area contributed by atoms with Crippen molar-refractivity contribution in [3.8, 4) is 5.75 Å². The minimum atomic E-state index is 0.589. The second-order valence-corrected chi connectivity index (χ2v) is 8.09. The quantitative estimate of drug-likeness (QED) is 0.311. The molecule has 3 heteroatoms. The van der Waals surface area contributed by atoms with Gasteiger partial charge in [0.05, 0.1) is 0 Å². The van der Waals surface area contributed by atoms with Gasteiger partial charge in [0.25, 0.3) is 0 Å². The van der Waals surface area contributed by atoms with Crippen molar-refractivity contribution in [2.24, 2.45) is 0 Å². The lowest BCUT2D eigenvalue weighted by Crippen LogP contribution is -1.95. The van der Waals surface area contributed by atoms with E-state index < -0.39 is 0 Å². The standard InChI is InChI=1S/C14H14S.C13H13NO/c1-12-7-9-14(10-8-12)15-11-13-5-3-2-4-6-13;1-11-2-4-13(5-3-11)15-10-12-6-8-14-9-7-12/h2-10H,11H2,1H3;2-9H,10H2,1H3. The Kier molecular flexibility index (Phi) is 8.55. The number of hydrogen-bond acceptors (Lipinski definition) is 3. The molecule has 0 amide bonds. The third-order valence-corrected chi connectivity index (χ3v) is 5.53. The second-order valence-electron chi connectivity index (χ2n) is 7.04. The predicted octanol–water partition coefficient (Wildman–Crippen LogP) is 7.26. The van der Waals surface area contributed by atoms with Gasteiger partial charge in [-0.15, -0.1) is 11.8 Å². The molecule has 1 heterocycles. The maximum absolute atomic E-state index is 5.62. The van der Waals surface area contributed by atoms with Crippen LogP contribution in [0, 0.1) is 13.8 Å². The van der Waals surface area contributed by atoms with Gasteiger partial charge in [0.15, 0.2) is 0 Å². The van der Waals surface area contributed by atoms with E-state index in [4.69, 9.17) is 4.74 Å². The molecule has 2 nitrogen and oxygen atoms in total. The highest BCUT2D eigenvalue weighted by molar-refractivity contribution is 7.98. The Hall–Kier alpha value is -3.04. The molecule has 0 unspecified atom stereocenters. The lowest BCUT2D eigenvalue weighted by molar-refractivity contribution is 0.306. The van der Waals surface area contributed by atoms with Gasteiger partial charge in [-0.2, -0.15) is 0 Å². The van der Waals surface area contributed by atoms with Crippen molar-refractivity contribution in [3.05, 3.63) is 126 Å². The first-order valence-corrected chi connectivity index (χ1v) is 11.0. The van der Waals surface area contributed by atoms with Gasteiger partial charge in [0.1, 0.15) is 12.4 Å². The number of thioether (sulfide) groups is 1. The first-order chi connectivity index (χ1) is 14.7. The molecule has 0 saturated carbocycles. The number of nitrogens with zero attached hydrogens (tertiary/aromatic N) is 1. The SMILES string of the molecule is Cc1ccc(OCc2ccncc2)cc1.Cc1ccc(SCc2ccccc2)cc1. The van der Waals surface area contributed by atoms with Gasteiger partial charge >= 0.3 is 0 Å². The minimum Gasteiger partial charge on any atom is -0.489 e. The third-order valence-electron chi connectivity index (χ3n) is 4.45. The number of pyridine rings is 1. The average Bonchev–Trinajstić information content (AvgIpc) is 2.80. The zero-order chi connectivity index (χ0) is 21.0. The van der Waals surface area contributed by atoms with Gasteiger partial charge < -0.3 is 4.74 Å². The van der Waals surface area contributed by atoms with Gasteiger partial charge in [-0.05, 0) is 61.4 Å². The summed E-state index contributed by atoms with van der Waals surface area (Å²) in [5, 5.41) is 0. The van der Waals surface area contributed by atoms with E-state index in [0.29, 0.717) is 6.61 Å². The molecule has 0 aliphatic heterocycles. The number of aryl methyl sites for hydroxylation is 2. The molecule has 0 spiro atoms. The van der Waals surface area contributed by atoms with Crippen LogP contribution < -0.4 is 4.74 Å². The van der Waals surface area contributed by atoms with Gasteiger partial charge in [-0.25, -0.2) is 0 Å². The smallest absolute Gasteiger partial charge is 0.119 e. The van der Waals surface area contributed by atoms with E-state index in [9.17, 15) is 0 Å².